The van der Waals surface area contributed by atoms with E-state index in [1.165, 1.54) is 49.9 Å². The largest absolute Gasteiger partial charge is 0.310 e. The first-order valence-corrected chi connectivity index (χ1v) is 17.6. The summed E-state index contributed by atoms with van der Waals surface area (Å²) in [5.74, 6) is 0. The van der Waals surface area contributed by atoms with Crippen LogP contribution in [0, 0.1) is 0 Å². The third-order valence-corrected chi connectivity index (χ3v) is 10.8. The molecule has 0 N–H and O–H groups in total. The number of pyridine rings is 1. The molecule has 3 heteroatoms. The molecule has 1 aliphatic rings. The quantitative estimate of drug-likeness (QED) is 0.184. The lowest BCUT2D eigenvalue weighted by Crippen LogP contribution is -2.16. The number of rotatable bonds is 5. The van der Waals surface area contributed by atoms with Gasteiger partial charge < -0.3 is 4.90 Å². The maximum Gasteiger partial charge on any atom is 0.145 e. The minimum absolute atomic E-state index is 0.0914. The summed E-state index contributed by atoms with van der Waals surface area (Å²) in [4.78, 5) is 7.40. The molecule has 2 aromatic heterocycles. The molecule has 51 heavy (non-hydrogen) atoms. The number of imidazole rings is 1. The number of hydrogen-bond donors (Lipinski definition) is 0. The summed E-state index contributed by atoms with van der Waals surface area (Å²) >= 11 is 0. The fourth-order valence-corrected chi connectivity index (χ4v) is 8.21. The van der Waals surface area contributed by atoms with Gasteiger partial charge in [-0.15, -0.1) is 0 Å². The highest BCUT2D eigenvalue weighted by Crippen LogP contribution is 2.50. The second-order valence-electron chi connectivity index (χ2n) is 14.1. The van der Waals surface area contributed by atoms with Gasteiger partial charge in [-0.3, -0.25) is 4.40 Å². The van der Waals surface area contributed by atoms with E-state index < -0.39 is 0 Å². The van der Waals surface area contributed by atoms with Gasteiger partial charge in [0.1, 0.15) is 5.65 Å². The van der Waals surface area contributed by atoms with Gasteiger partial charge in [0, 0.05) is 39.6 Å². The lowest BCUT2D eigenvalue weighted by molar-refractivity contribution is 0.660. The minimum Gasteiger partial charge on any atom is -0.310 e. The molecule has 0 atom stereocenters. The number of benzene rings is 7. The van der Waals surface area contributed by atoms with Crippen molar-refractivity contribution in [1.82, 2.24) is 9.38 Å². The average molecular weight is 654 g/mol. The Morgan fingerprint density at radius 2 is 1.06 bits per heavy atom. The average Bonchev–Trinajstić information content (AvgIpc) is 3.68. The summed E-state index contributed by atoms with van der Waals surface area (Å²) in [6.45, 7) is 4.69. The van der Waals surface area contributed by atoms with Crippen LogP contribution in [-0.2, 0) is 5.41 Å². The van der Waals surface area contributed by atoms with Crippen molar-refractivity contribution in [2.45, 2.75) is 19.3 Å². The van der Waals surface area contributed by atoms with Gasteiger partial charge in [-0.25, -0.2) is 4.98 Å². The van der Waals surface area contributed by atoms with Crippen molar-refractivity contribution in [2.75, 3.05) is 4.90 Å². The van der Waals surface area contributed by atoms with Gasteiger partial charge in [0.2, 0.25) is 0 Å². The van der Waals surface area contributed by atoms with Crippen LogP contribution in [0.1, 0.15) is 25.0 Å². The van der Waals surface area contributed by atoms with Gasteiger partial charge >= 0.3 is 0 Å². The second-order valence-corrected chi connectivity index (χ2v) is 14.1. The Balaban J connectivity index is 1.11. The number of anilines is 3. The molecular formula is C48H35N3. The first-order chi connectivity index (χ1) is 25.0. The Labute approximate surface area is 297 Å². The fourth-order valence-electron chi connectivity index (χ4n) is 8.21. The van der Waals surface area contributed by atoms with Crippen LogP contribution in [0.4, 0.5) is 17.1 Å². The van der Waals surface area contributed by atoms with Gasteiger partial charge in [0.25, 0.3) is 0 Å². The van der Waals surface area contributed by atoms with Crippen LogP contribution < -0.4 is 4.90 Å². The third-order valence-electron chi connectivity index (χ3n) is 10.8. The number of aromatic nitrogens is 2. The molecule has 242 valence electrons. The smallest absolute Gasteiger partial charge is 0.145 e. The van der Waals surface area contributed by atoms with Gasteiger partial charge in [0.05, 0.1) is 11.0 Å². The minimum atomic E-state index is -0.0914. The Bertz CT molecular complexity index is 2760. The molecular weight excluding hydrogens is 619 g/mol. The molecule has 2 heterocycles. The maximum atomic E-state index is 5.01. The number of nitrogens with zero attached hydrogens (tertiary/aromatic N) is 3. The van der Waals surface area contributed by atoms with Crippen LogP contribution >= 0.6 is 0 Å². The zero-order valence-corrected chi connectivity index (χ0v) is 28.6. The highest BCUT2D eigenvalue weighted by molar-refractivity contribution is 6.05. The number of fused-ring (bicyclic) bond motifs is 8. The summed E-state index contributed by atoms with van der Waals surface area (Å²) in [6, 6.07) is 61.4. The molecule has 0 spiro atoms. The molecule has 0 fully saturated rings. The summed E-state index contributed by atoms with van der Waals surface area (Å²) in [7, 11) is 0. The van der Waals surface area contributed by atoms with E-state index in [-0.39, 0.29) is 5.41 Å². The summed E-state index contributed by atoms with van der Waals surface area (Å²) < 4.78 is 2.24. The van der Waals surface area contributed by atoms with Gasteiger partial charge in [-0.2, -0.15) is 0 Å². The highest BCUT2D eigenvalue weighted by Gasteiger charge is 2.35. The second kappa shape index (κ2) is 11.3. The Hall–Kier alpha value is -6.45. The van der Waals surface area contributed by atoms with Gasteiger partial charge in [-0.1, -0.05) is 135 Å². The molecule has 0 radical (unpaired) electrons. The van der Waals surface area contributed by atoms with Crippen molar-refractivity contribution in [3.63, 3.8) is 0 Å². The maximum absolute atomic E-state index is 5.01. The summed E-state index contributed by atoms with van der Waals surface area (Å²) in [6.07, 6.45) is 2.25. The fraction of sp³-hybridized carbons (Fsp3) is 0.0625. The normalized spacial score (nSPS) is 13.1. The van der Waals surface area contributed by atoms with Gasteiger partial charge in [-0.05, 0) is 92.9 Å². The molecule has 0 aliphatic heterocycles. The van der Waals surface area contributed by atoms with Crippen LogP contribution in [0.2, 0.25) is 0 Å². The van der Waals surface area contributed by atoms with Crippen LogP contribution in [0.5, 0.6) is 0 Å². The zero-order chi connectivity index (χ0) is 34.1. The third kappa shape index (κ3) is 4.62. The van der Waals surface area contributed by atoms with E-state index in [4.69, 9.17) is 4.98 Å². The molecule has 10 rings (SSSR count). The van der Waals surface area contributed by atoms with Crippen LogP contribution in [0.3, 0.4) is 0 Å². The van der Waals surface area contributed by atoms with E-state index >= 15 is 0 Å². The Morgan fingerprint density at radius 1 is 0.471 bits per heavy atom. The van der Waals surface area contributed by atoms with Crippen LogP contribution in [0.25, 0.3) is 60.8 Å². The standard InChI is InChI=1S/C48H35N3/c1-48(2)43-17-9-8-15-39(43)40-29-28-37(30-44(40)48)51(35-24-20-33(21-25-35)32-12-4-3-5-13-32)36-26-22-34(23-27-36)42-31-50-46-19-11-10-18-45(46)49-47(50)41-16-7-6-14-38(41)42/h3-31H,1-2H3. The molecule has 0 amide bonds. The van der Waals surface area contributed by atoms with Crippen LogP contribution in [-0.4, -0.2) is 9.38 Å². The monoisotopic (exact) mass is 653 g/mol. The lowest BCUT2D eigenvalue weighted by Gasteiger charge is -2.28. The molecule has 1 aliphatic carbocycles. The predicted octanol–water partition coefficient (Wildman–Crippen LogP) is 12.8. The highest BCUT2D eigenvalue weighted by atomic mass is 15.1. The van der Waals surface area contributed by atoms with Crippen molar-refractivity contribution in [2.24, 2.45) is 0 Å². The van der Waals surface area contributed by atoms with Crippen molar-refractivity contribution in [1.29, 1.82) is 0 Å². The van der Waals surface area contributed by atoms with Gasteiger partial charge in [0.15, 0.2) is 0 Å². The van der Waals surface area contributed by atoms with E-state index in [0.717, 1.165) is 39.1 Å². The molecule has 0 bridgehead atoms. The van der Waals surface area contributed by atoms with E-state index in [9.17, 15) is 0 Å². The molecule has 0 unspecified atom stereocenters. The van der Waals surface area contributed by atoms with Crippen molar-refractivity contribution in [3.05, 3.63) is 187 Å². The number of hydrogen-bond acceptors (Lipinski definition) is 2. The predicted molar refractivity (Wildman–Crippen MR) is 213 cm³/mol. The Kier molecular flexibility index (Phi) is 6.53. The van der Waals surface area contributed by atoms with E-state index in [1.807, 2.05) is 0 Å². The SMILES string of the molecule is CC1(C)c2ccccc2-c2ccc(N(c3ccc(-c4ccccc4)cc3)c3ccc(-c4cn5c6ccccc6nc5c5ccccc45)cc3)cc21. The van der Waals surface area contributed by atoms with Crippen molar-refractivity contribution < 1.29 is 0 Å². The molecule has 7 aromatic carbocycles. The Morgan fingerprint density at radius 3 is 1.84 bits per heavy atom. The molecule has 3 nitrogen and oxygen atoms in total. The van der Waals surface area contributed by atoms with E-state index in [1.54, 1.807) is 0 Å². The van der Waals surface area contributed by atoms with E-state index in [2.05, 4.69) is 199 Å². The first-order valence-electron chi connectivity index (χ1n) is 17.6. The molecule has 0 saturated heterocycles. The van der Waals surface area contributed by atoms with Crippen molar-refractivity contribution >= 4 is 44.5 Å². The topological polar surface area (TPSA) is 20.5 Å². The van der Waals surface area contributed by atoms with E-state index in [0.29, 0.717) is 0 Å². The summed E-state index contributed by atoms with van der Waals surface area (Å²) in [5.41, 5.74) is 16.6. The number of para-hydroxylation sites is 2. The first kappa shape index (κ1) is 29.5. The molecule has 9 aromatic rings. The zero-order valence-electron chi connectivity index (χ0n) is 28.6. The van der Waals surface area contributed by atoms with Crippen LogP contribution in [0.15, 0.2) is 176 Å². The summed E-state index contributed by atoms with van der Waals surface area (Å²) in [5, 5.41) is 2.35. The van der Waals surface area contributed by atoms with Crippen molar-refractivity contribution in [3.8, 4) is 33.4 Å². The lowest BCUT2D eigenvalue weighted by atomic mass is 9.82. The molecule has 0 saturated carbocycles.